The third kappa shape index (κ3) is 4.52. The molecule has 4 nitrogen and oxygen atoms in total. The molecule has 0 aliphatic rings. The zero-order valence-corrected chi connectivity index (χ0v) is 16.3. The maximum Gasteiger partial charge on any atom is 0.514 e. The van der Waals surface area contributed by atoms with Gasteiger partial charge in [-0.25, -0.2) is 4.79 Å². The van der Waals surface area contributed by atoms with Crippen molar-refractivity contribution in [3.8, 4) is 11.5 Å². The summed E-state index contributed by atoms with van der Waals surface area (Å²) < 4.78 is 15.7. The zero-order valence-electron chi connectivity index (χ0n) is 16.3. The molecule has 0 unspecified atom stereocenters. The SMILES string of the molecule is COc1ccccc1COC(=O)Oc1ccc(C(C)(C)c2ccccc2)cc1. The maximum absolute atomic E-state index is 12.0. The van der Waals surface area contributed by atoms with Crippen molar-refractivity contribution in [1.29, 1.82) is 0 Å². The molecule has 3 aromatic rings. The minimum Gasteiger partial charge on any atom is -0.496 e. The molecular weight excluding hydrogens is 352 g/mol. The van der Waals surface area contributed by atoms with Crippen molar-refractivity contribution in [2.45, 2.75) is 25.9 Å². The molecule has 0 saturated carbocycles. The summed E-state index contributed by atoms with van der Waals surface area (Å²) in [6.45, 7) is 4.42. The molecular formula is C24H24O4. The lowest BCUT2D eigenvalue weighted by molar-refractivity contribution is 0.0921. The van der Waals surface area contributed by atoms with Gasteiger partial charge in [-0.1, -0.05) is 74.5 Å². The highest BCUT2D eigenvalue weighted by molar-refractivity contribution is 5.64. The Kier molecular flexibility index (Phi) is 5.99. The summed E-state index contributed by atoms with van der Waals surface area (Å²) in [6.07, 6.45) is -0.749. The van der Waals surface area contributed by atoms with Crippen molar-refractivity contribution >= 4 is 6.16 Å². The number of rotatable bonds is 6. The van der Waals surface area contributed by atoms with Crippen molar-refractivity contribution in [2.75, 3.05) is 7.11 Å². The van der Waals surface area contributed by atoms with Crippen LogP contribution in [0.25, 0.3) is 0 Å². The number of carbonyl (C=O) groups excluding carboxylic acids is 1. The highest BCUT2D eigenvalue weighted by atomic mass is 16.7. The van der Waals surface area contributed by atoms with Gasteiger partial charge in [0.15, 0.2) is 0 Å². The minimum absolute atomic E-state index is 0.0853. The number of benzene rings is 3. The van der Waals surface area contributed by atoms with Gasteiger partial charge in [-0.3, -0.25) is 0 Å². The van der Waals surface area contributed by atoms with Crippen molar-refractivity contribution in [3.05, 3.63) is 95.6 Å². The van der Waals surface area contributed by atoms with Crippen LogP contribution in [0, 0.1) is 0 Å². The number of para-hydroxylation sites is 1. The highest BCUT2D eigenvalue weighted by Gasteiger charge is 2.22. The van der Waals surface area contributed by atoms with E-state index >= 15 is 0 Å². The predicted molar refractivity (Wildman–Crippen MR) is 109 cm³/mol. The topological polar surface area (TPSA) is 44.8 Å². The molecule has 0 amide bonds. The molecule has 0 fully saturated rings. The number of hydrogen-bond donors (Lipinski definition) is 0. The van der Waals surface area contributed by atoms with Crippen molar-refractivity contribution < 1.29 is 19.0 Å². The van der Waals surface area contributed by atoms with E-state index in [1.54, 1.807) is 19.2 Å². The summed E-state index contributed by atoms with van der Waals surface area (Å²) in [6, 6.07) is 25.2. The summed E-state index contributed by atoms with van der Waals surface area (Å²) >= 11 is 0. The van der Waals surface area contributed by atoms with E-state index < -0.39 is 6.16 Å². The van der Waals surface area contributed by atoms with Gasteiger partial charge in [-0.15, -0.1) is 0 Å². The summed E-state index contributed by atoms with van der Waals surface area (Å²) in [5.74, 6) is 1.11. The number of hydrogen-bond acceptors (Lipinski definition) is 4. The standard InChI is InChI=1S/C24H24O4/c1-24(2,19-10-5-4-6-11-19)20-13-15-21(16-14-20)28-23(25)27-17-18-9-7-8-12-22(18)26-3/h4-16H,17H2,1-3H3. The molecule has 4 heteroatoms. The van der Waals surface area contributed by atoms with Crippen LogP contribution in [0.2, 0.25) is 0 Å². The van der Waals surface area contributed by atoms with E-state index in [1.165, 1.54) is 5.56 Å². The number of carbonyl (C=O) groups is 1. The van der Waals surface area contributed by atoms with Crippen LogP contribution < -0.4 is 9.47 Å². The second-order valence-electron chi connectivity index (χ2n) is 6.97. The molecule has 0 bridgehead atoms. The molecule has 0 radical (unpaired) electrons. The van der Waals surface area contributed by atoms with Gasteiger partial charge in [0.05, 0.1) is 7.11 Å². The van der Waals surface area contributed by atoms with Gasteiger partial charge in [0.1, 0.15) is 18.1 Å². The molecule has 0 N–H and O–H groups in total. The maximum atomic E-state index is 12.0. The van der Waals surface area contributed by atoms with Gasteiger partial charge in [0.25, 0.3) is 0 Å². The second-order valence-corrected chi connectivity index (χ2v) is 6.97. The lowest BCUT2D eigenvalue weighted by atomic mass is 9.78. The molecule has 28 heavy (non-hydrogen) atoms. The second kappa shape index (κ2) is 8.61. The molecule has 0 aromatic heterocycles. The highest BCUT2D eigenvalue weighted by Crippen LogP contribution is 2.32. The van der Waals surface area contributed by atoms with Crippen molar-refractivity contribution in [3.63, 3.8) is 0 Å². The van der Waals surface area contributed by atoms with Crippen LogP contribution in [0.1, 0.15) is 30.5 Å². The molecule has 0 spiro atoms. The first-order chi connectivity index (χ1) is 13.5. The van der Waals surface area contributed by atoms with Crippen LogP contribution in [-0.4, -0.2) is 13.3 Å². The number of methoxy groups -OCH3 is 1. The van der Waals surface area contributed by atoms with E-state index in [0.29, 0.717) is 11.5 Å². The Bertz CT molecular complexity index is 915. The van der Waals surface area contributed by atoms with Crippen LogP contribution in [0.3, 0.4) is 0 Å². The van der Waals surface area contributed by atoms with Crippen LogP contribution >= 0.6 is 0 Å². The van der Waals surface area contributed by atoms with Gasteiger partial charge in [0.2, 0.25) is 0 Å². The average molecular weight is 376 g/mol. The van der Waals surface area contributed by atoms with Gasteiger partial charge < -0.3 is 14.2 Å². The van der Waals surface area contributed by atoms with Gasteiger partial charge in [-0.2, -0.15) is 0 Å². The van der Waals surface area contributed by atoms with Crippen molar-refractivity contribution in [2.24, 2.45) is 0 Å². The van der Waals surface area contributed by atoms with E-state index in [0.717, 1.165) is 11.1 Å². The first kappa shape index (κ1) is 19.5. The predicted octanol–water partition coefficient (Wildman–Crippen LogP) is 5.74. The van der Waals surface area contributed by atoms with E-state index in [2.05, 4.69) is 26.0 Å². The Balaban J connectivity index is 1.62. The van der Waals surface area contributed by atoms with E-state index in [9.17, 15) is 4.79 Å². The first-order valence-corrected chi connectivity index (χ1v) is 9.13. The summed E-state index contributed by atoms with van der Waals surface area (Å²) in [5, 5.41) is 0. The Morgan fingerprint density at radius 2 is 1.43 bits per heavy atom. The van der Waals surface area contributed by atoms with E-state index in [-0.39, 0.29) is 12.0 Å². The van der Waals surface area contributed by atoms with Crippen LogP contribution in [-0.2, 0) is 16.8 Å². The third-order valence-corrected chi connectivity index (χ3v) is 4.81. The first-order valence-electron chi connectivity index (χ1n) is 9.13. The molecule has 3 rings (SSSR count). The van der Waals surface area contributed by atoms with Crippen LogP contribution in [0.4, 0.5) is 4.79 Å². The Hall–Kier alpha value is -3.27. The fraction of sp³-hybridized carbons (Fsp3) is 0.208. The van der Waals surface area contributed by atoms with Crippen molar-refractivity contribution in [1.82, 2.24) is 0 Å². The van der Waals surface area contributed by atoms with Gasteiger partial charge in [-0.05, 0) is 29.3 Å². The normalized spacial score (nSPS) is 11.0. The quantitative estimate of drug-likeness (QED) is 0.407. The average Bonchev–Trinajstić information content (AvgIpc) is 2.73. The Morgan fingerprint density at radius 1 is 0.821 bits per heavy atom. The zero-order chi connectivity index (χ0) is 20.0. The number of ether oxygens (including phenoxy) is 3. The smallest absolute Gasteiger partial charge is 0.496 e. The molecule has 0 aliphatic carbocycles. The fourth-order valence-corrected chi connectivity index (χ4v) is 3.05. The van der Waals surface area contributed by atoms with E-state index in [1.807, 2.05) is 54.6 Å². The lowest BCUT2D eigenvalue weighted by Gasteiger charge is -2.26. The Labute approximate surface area is 165 Å². The summed E-state index contributed by atoms with van der Waals surface area (Å²) in [4.78, 5) is 12.0. The third-order valence-electron chi connectivity index (χ3n) is 4.81. The van der Waals surface area contributed by atoms with Crippen LogP contribution in [0.15, 0.2) is 78.9 Å². The van der Waals surface area contributed by atoms with Gasteiger partial charge in [0, 0.05) is 11.0 Å². The monoisotopic (exact) mass is 376 g/mol. The Morgan fingerprint density at radius 3 is 2.11 bits per heavy atom. The van der Waals surface area contributed by atoms with E-state index in [4.69, 9.17) is 14.2 Å². The molecule has 0 aliphatic heterocycles. The largest absolute Gasteiger partial charge is 0.514 e. The minimum atomic E-state index is -0.749. The fourth-order valence-electron chi connectivity index (χ4n) is 3.05. The molecule has 0 heterocycles. The molecule has 0 saturated heterocycles. The lowest BCUT2D eigenvalue weighted by Crippen LogP contribution is -2.18. The summed E-state index contributed by atoms with van der Waals surface area (Å²) in [7, 11) is 1.58. The molecule has 3 aromatic carbocycles. The summed E-state index contributed by atoms with van der Waals surface area (Å²) in [5.41, 5.74) is 2.99. The van der Waals surface area contributed by atoms with Crippen LogP contribution in [0.5, 0.6) is 11.5 Å². The molecule has 144 valence electrons. The molecule has 0 atom stereocenters. The van der Waals surface area contributed by atoms with Gasteiger partial charge >= 0.3 is 6.16 Å².